The molecule has 1 atom stereocenters. The first-order chi connectivity index (χ1) is 13.0. The third kappa shape index (κ3) is 5.20. The Morgan fingerprint density at radius 1 is 1.22 bits per heavy atom. The molecule has 0 bridgehead atoms. The zero-order valence-corrected chi connectivity index (χ0v) is 16.3. The van der Waals surface area contributed by atoms with Crippen LogP contribution in [0.15, 0.2) is 59.5 Å². The highest BCUT2D eigenvalue weighted by Gasteiger charge is 2.09. The number of hydrogen-bond acceptors (Lipinski definition) is 4. The Hall–Kier alpha value is -2.60. The maximum atomic E-state index is 12.2. The fraction of sp³-hybridized carbons (Fsp3) is 0.286. The smallest absolute Gasteiger partial charge is 0.258 e. The molecule has 3 aromatic rings. The number of benzene rings is 1. The van der Waals surface area contributed by atoms with Gasteiger partial charge in [-0.1, -0.05) is 36.4 Å². The second kappa shape index (κ2) is 8.86. The first-order valence-electron chi connectivity index (χ1n) is 8.94. The van der Waals surface area contributed by atoms with Gasteiger partial charge in [0.1, 0.15) is 5.65 Å². The van der Waals surface area contributed by atoms with Crippen LogP contribution in [0.25, 0.3) is 5.65 Å². The number of nitrogens with zero attached hydrogens (tertiary/aromatic N) is 2. The SMILES string of the molecule is Cc1ccc2nc(CSCCC(=O)NC(C)c3ccccc3)cc(=O)n2c1. The Morgan fingerprint density at radius 3 is 2.78 bits per heavy atom. The normalized spacial score (nSPS) is 12.1. The molecule has 1 N–H and O–H groups in total. The zero-order valence-electron chi connectivity index (χ0n) is 15.5. The van der Waals surface area contributed by atoms with E-state index in [2.05, 4.69) is 10.3 Å². The molecule has 0 radical (unpaired) electrons. The molecule has 0 saturated carbocycles. The number of pyridine rings is 1. The van der Waals surface area contributed by atoms with Crippen molar-refractivity contribution in [2.45, 2.75) is 32.1 Å². The Balaban J connectivity index is 1.49. The fourth-order valence-electron chi connectivity index (χ4n) is 2.81. The summed E-state index contributed by atoms with van der Waals surface area (Å²) in [6.45, 7) is 3.92. The lowest BCUT2D eigenvalue weighted by Gasteiger charge is -2.14. The summed E-state index contributed by atoms with van der Waals surface area (Å²) >= 11 is 1.61. The van der Waals surface area contributed by atoms with Crippen molar-refractivity contribution in [3.63, 3.8) is 0 Å². The van der Waals surface area contributed by atoms with E-state index in [1.807, 2.05) is 56.3 Å². The number of aryl methyl sites for hydroxylation is 1. The Kier molecular flexibility index (Phi) is 6.29. The van der Waals surface area contributed by atoms with Crippen LogP contribution in [0, 0.1) is 6.92 Å². The number of amides is 1. The van der Waals surface area contributed by atoms with Crippen LogP contribution in [-0.2, 0) is 10.5 Å². The van der Waals surface area contributed by atoms with E-state index in [0.29, 0.717) is 23.6 Å². The number of rotatable bonds is 7. The highest BCUT2D eigenvalue weighted by molar-refractivity contribution is 7.98. The van der Waals surface area contributed by atoms with Gasteiger partial charge in [-0.2, -0.15) is 11.8 Å². The van der Waals surface area contributed by atoms with Crippen LogP contribution in [0.5, 0.6) is 0 Å². The molecule has 0 saturated heterocycles. The lowest BCUT2D eigenvalue weighted by Crippen LogP contribution is -2.26. The topological polar surface area (TPSA) is 63.5 Å². The molecule has 5 nitrogen and oxygen atoms in total. The van der Waals surface area contributed by atoms with Gasteiger partial charge in [-0.15, -0.1) is 0 Å². The molecular weight excluding hydrogens is 358 g/mol. The Labute approximate surface area is 162 Å². The van der Waals surface area contributed by atoms with Gasteiger partial charge in [0, 0.05) is 30.2 Å². The van der Waals surface area contributed by atoms with E-state index < -0.39 is 0 Å². The second-order valence-corrected chi connectivity index (χ2v) is 7.63. The molecule has 2 heterocycles. The molecular formula is C21H23N3O2S. The monoisotopic (exact) mass is 381 g/mol. The number of thioether (sulfide) groups is 1. The molecule has 27 heavy (non-hydrogen) atoms. The van der Waals surface area contributed by atoms with Crippen molar-refractivity contribution in [3.05, 3.63) is 81.9 Å². The van der Waals surface area contributed by atoms with Gasteiger partial charge in [-0.3, -0.25) is 14.0 Å². The minimum absolute atomic E-state index is 0.00522. The number of carbonyl (C=O) groups is 1. The van der Waals surface area contributed by atoms with Crippen LogP contribution in [0.2, 0.25) is 0 Å². The van der Waals surface area contributed by atoms with Crippen LogP contribution in [0.4, 0.5) is 0 Å². The zero-order chi connectivity index (χ0) is 19.2. The van der Waals surface area contributed by atoms with Crippen LogP contribution in [-0.4, -0.2) is 21.0 Å². The minimum Gasteiger partial charge on any atom is -0.350 e. The third-order valence-corrected chi connectivity index (χ3v) is 5.25. The maximum absolute atomic E-state index is 12.2. The fourth-order valence-corrected chi connectivity index (χ4v) is 3.64. The summed E-state index contributed by atoms with van der Waals surface area (Å²) < 4.78 is 1.56. The molecule has 0 aliphatic heterocycles. The summed E-state index contributed by atoms with van der Waals surface area (Å²) in [6, 6.07) is 15.3. The van der Waals surface area contributed by atoms with Crippen molar-refractivity contribution >= 4 is 23.3 Å². The van der Waals surface area contributed by atoms with Crippen molar-refractivity contribution in [3.8, 4) is 0 Å². The number of carbonyl (C=O) groups excluding carboxylic acids is 1. The van der Waals surface area contributed by atoms with Crippen LogP contribution in [0.3, 0.4) is 0 Å². The van der Waals surface area contributed by atoms with Crippen LogP contribution >= 0.6 is 11.8 Å². The molecule has 0 aliphatic rings. The van der Waals surface area contributed by atoms with Crippen molar-refractivity contribution in [1.82, 2.24) is 14.7 Å². The number of hydrogen-bond donors (Lipinski definition) is 1. The number of aromatic nitrogens is 2. The van der Waals surface area contributed by atoms with Gasteiger partial charge in [0.2, 0.25) is 5.91 Å². The van der Waals surface area contributed by atoms with Gasteiger partial charge in [0.05, 0.1) is 11.7 Å². The van der Waals surface area contributed by atoms with E-state index in [1.54, 1.807) is 28.4 Å². The number of nitrogens with one attached hydrogen (secondary N) is 1. The van der Waals surface area contributed by atoms with Crippen molar-refractivity contribution in [2.75, 3.05) is 5.75 Å². The molecule has 6 heteroatoms. The van der Waals surface area contributed by atoms with Gasteiger partial charge < -0.3 is 5.32 Å². The van der Waals surface area contributed by atoms with Crippen molar-refractivity contribution < 1.29 is 4.79 Å². The predicted octanol–water partition coefficient (Wildman–Crippen LogP) is 3.50. The van der Waals surface area contributed by atoms with Crippen LogP contribution < -0.4 is 10.9 Å². The first-order valence-corrected chi connectivity index (χ1v) is 10.1. The molecule has 2 aromatic heterocycles. The van der Waals surface area contributed by atoms with E-state index in [1.165, 1.54) is 0 Å². The van der Waals surface area contributed by atoms with Gasteiger partial charge in [-0.25, -0.2) is 4.98 Å². The van der Waals surface area contributed by atoms with Gasteiger partial charge in [-0.05, 0) is 31.0 Å². The highest BCUT2D eigenvalue weighted by atomic mass is 32.2. The molecule has 1 unspecified atom stereocenters. The largest absolute Gasteiger partial charge is 0.350 e. The summed E-state index contributed by atoms with van der Waals surface area (Å²) in [4.78, 5) is 28.8. The Morgan fingerprint density at radius 2 is 2.00 bits per heavy atom. The molecule has 1 amide bonds. The quantitative estimate of drug-likeness (QED) is 0.636. The lowest BCUT2D eigenvalue weighted by molar-refractivity contribution is -0.121. The lowest BCUT2D eigenvalue weighted by atomic mass is 10.1. The third-order valence-electron chi connectivity index (χ3n) is 4.26. The summed E-state index contributed by atoms with van der Waals surface area (Å²) in [5, 5.41) is 3.01. The van der Waals surface area contributed by atoms with Crippen molar-refractivity contribution in [1.29, 1.82) is 0 Å². The maximum Gasteiger partial charge on any atom is 0.258 e. The van der Waals surface area contributed by atoms with Gasteiger partial charge >= 0.3 is 0 Å². The van der Waals surface area contributed by atoms with Gasteiger partial charge in [0.25, 0.3) is 5.56 Å². The predicted molar refractivity (Wildman–Crippen MR) is 110 cm³/mol. The standard InChI is InChI=1S/C21H23N3O2S/c1-15-8-9-19-23-18(12-21(26)24(19)13-15)14-27-11-10-20(25)22-16(2)17-6-4-3-5-7-17/h3-9,12-13,16H,10-11,14H2,1-2H3,(H,22,25). The average Bonchev–Trinajstić information content (AvgIpc) is 2.66. The molecule has 0 spiro atoms. The van der Waals surface area contributed by atoms with E-state index in [4.69, 9.17) is 0 Å². The first kappa shape index (κ1) is 19.2. The summed E-state index contributed by atoms with van der Waals surface area (Å²) in [6.07, 6.45) is 2.23. The molecule has 0 fully saturated rings. The van der Waals surface area contributed by atoms with E-state index in [9.17, 15) is 9.59 Å². The van der Waals surface area contributed by atoms with Crippen molar-refractivity contribution in [2.24, 2.45) is 0 Å². The minimum atomic E-state index is -0.0753. The van der Waals surface area contributed by atoms with E-state index >= 15 is 0 Å². The Bertz CT molecular complexity index is 986. The highest BCUT2D eigenvalue weighted by Crippen LogP contribution is 2.14. The molecule has 1 aromatic carbocycles. The summed E-state index contributed by atoms with van der Waals surface area (Å²) in [7, 11) is 0. The van der Waals surface area contributed by atoms with E-state index in [0.717, 1.165) is 16.8 Å². The number of fused-ring (bicyclic) bond motifs is 1. The molecule has 140 valence electrons. The molecule has 0 aliphatic carbocycles. The summed E-state index contributed by atoms with van der Waals surface area (Å²) in [5.41, 5.74) is 3.43. The average molecular weight is 382 g/mol. The molecule has 3 rings (SSSR count). The second-order valence-electron chi connectivity index (χ2n) is 6.52. The summed E-state index contributed by atoms with van der Waals surface area (Å²) in [5.74, 6) is 1.32. The van der Waals surface area contributed by atoms with Gasteiger partial charge in [0.15, 0.2) is 0 Å². The van der Waals surface area contributed by atoms with Crippen LogP contribution in [0.1, 0.15) is 36.2 Å². The van der Waals surface area contributed by atoms with E-state index in [-0.39, 0.29) is 17.5 Å².